The molecule has 2 amide bonds. The lowest BCUT2D eigenvalue weighted by atomic mass is 9.96. The van der Waals surface area contributed by atoms with Crippen LogP contribution in [-0.2, 0) is 5.41 Å². The molecule has 0 radical (unpaired) electrons. The second-order valence-corrected chi connectivity index (χ2v) is 7.64. The maximum Gasteiger partial charge on any atom is 0.317 e. The minimum Gasteiger partial charge on any atom is -0.367 e. The van der Waals surface area contributed by atoms with Crippen LogP contribution in [0.2, 0.25) is 5.02 Å². The van der Waals surface area contributed by atoms with Crippen molar-refractivity contribution in [3.05, 3.63) is 65.2 Å². The van der Waals surface area contributed by atoms with Gasteiger partial charge < -0.3 is 15.1 Å². The monoisotopic (exact) mass is 369 g/mol. The number of rotatable bonds is 4. The lowest BCUT2D eigenvalue weighted by Gasteiger charge is -2.36. The van der Waals surface area contributed by atoms with Gasteiger partial charge in [0.15, 0.2) is 0 Å². The molecule has 0 bridgehead atoms. The summed E-state index contributed by atoms with van der Waals surface area (Å²) in [5.41, 5.74) is 2.54. The number of nitrogens with zero attached hydrogens (tertiary/aromatic N) is 2. The first-order valence-electron chi connectivity index (χ1n) is 9.26. The van der Waals surface area contributed by atoms with Gasteiger partial charge >= 0.3 is 6.03 Å². The van der Waals surface area contributed by atoms with Gasteiger partial charge in [-0.3, -0.25) is 0 Å². The fourth-order valence-corrected chi connectivity index (χ4v) is 3.98. The molecule has 4 rings (SSSR count). The molecule has 2 aromatic rings. The Hall–Kier alpha value is -2.20. The standard InChI is InChI=1S/C21H24ClN3O/c22-18-8-4-5-9-19(18)24-12-14-25(15-13-24)20(26)23-16-21(10-11-21)17-6-2-1-3-7-17/h1-9H,10-16H2,(H,23,26). The number of carbonyl (C=O) groups is 1. The molecule has 1 heterocycles. The molecule has 0 spiro atoms. The Morgan fingerprint density at radius 1 is 0.962 bits per heavy atom. The first-order valence-corrected chi connectivity index (χ1v) is 9.64. The van der Waals surface area contributed by atoms with E-state index in [1.165, 1.54) is 5.56 Å². The summed E-state index contributed by atoms with van der Waals surface area (Å²) < 4.78 is 0. The Balaban J connectivity index is 1.30. The van der Waals surface area contributed by atoms with E-state index in [2.05, 4.69) is 34.5 Å². The van der Waals surface area contributed by atoms with Crippen LogP contribution in [0.3, 0.4) is 0 Å². The maximum atomic E-state index is 12.6. The molecule has 26 heavy (non-hydrogen) atoms. The highest BCUT2D eigenvalue weighted by molar-refractivity contribution is 6.33. The predicted molar refractivity (Wildman–Crippen MR) is 106 cm³/mol. The minimum absolute atomic E-state index is 0.0472. The number of urea groups is 1. The van der Waals surface area contributed by atoms with Gasteiger partial charge in [0.05, 0.1) is 10.7 Å². The Morgan fingerprint density at radius 2 is 1.62 bits per heavy atom. The Labute approximate surface area is 159 Å². The van der Waals surface area contributed by atoms with E-state index in [4.69, 9.17) is 11.6 Å². The smallest absolute Gasteiger partial charge is 0.317 e. The van der Waals surface area contributed by atoms with E-state index in [0.29, 0.717) is 0 Å². The van der Waals surface area contributed by atoms with Gasteiger partial charge in [0.1, 0.15) is 0 Å². The van der Waals surface area contributed by atoms with Crippen molar-refractivity contribution >= 4 is 23.3 Å². The average Bonchev–Trinajstić information content (AvgIpc) is 3.49. The van der Waals surface area contributed by atoms with E-state index in [0.717, 1.165) is 56.3 Å². The molecule has 0 unspecified atom stereocenters. The van der Waals surface area contributed by atoms with Crippen LogP contribution >= 0.6 is 11.6 Å². The molecular weight excluding hydrogens is 346 g/mol. The summed E-state index contributed by atoms with van der Waals surface area (Å²) in [6.07, 6.45) is 2.30. The summed E-state index contributed by atoms with van der Waals surface area (Å²) in [5, 5.41) is 3.93. The fraction of sp³-hybridized carbons (Fsp3) is 0.381. The van der Waals surface area contributed by atoms with Gasteiger partial charge in [-0.1, -0.05) is 54.1 Å². The number of hydrogen-bond acceptors (Lipinski definition) is 2. The third-order valence-corrected chi connectivity index (χ3v) is 5.90. The molecule has 2 aromatic carbocycles. The van der Waals surface area contributed by atoms with Crippen LogP contribution in [0.5, 0.6) is 0 Å². The molecule has 1 aliphatic carbocycles. The van der Waals surface area contributed by atoms with Crippen molar-refractivity contribution in [2.24, 2.45) is 0 Å². The van der Waals surface area contributed by atoms with E-state index in [1.807, 2.05) is 35.2 Å². The van der Waals surface area contributed by atoms with Crippen LogP contribution in [0.15, 0.2) is 54.6 Å². The first kappa shape index (κ1) is 17.2. The predicted octanol–water partition coefficient (Wildman–Crippen LogP) is 3.90. The molecule has 1 saturated carbocycles. The number of carbonyl (C=O) groups excluding carboxylic acids is 1. The van der Waals surface area contributed by atoms with Crippen molar-refractivity contribution < 1.29 is 4.79 Å². The molecule has 1 aliphatic heterocycles. The molecule has 1 saturated heterocycles. The molecule has 136 valence electrons. The van der Waals surface area contributed by atoms with Crippen LogP contribution in [0.25, 0.3) is 0 Å². The molecule has 4 nitrogen and oxygen atoms in total. The summed E-state index contributed by atoms with van der Waals surface area (Å²) >= 11 is 6.29. The zero-order chi connectivity index (χ0) is 18.0. The van der Waals surface area contributed by atoms with Gasteiger partial charge in [-0.25, -0.2) is 4.79 Å². The normalized spacial score (nSPS) is 18.5. The number of anilines is 1. The van der Waals surface area contributed by atoms with Crippen molar-refractivity contribution in [3.8, 4) is 0 Å². The second-order valence-electron chi connectivity index (χ2n) is 7.23. The van der Waals surface area contributed by atoms with E-state index in [9.17, 15) is 4.79 Å². The van der Waals surface area contributed by atoms with Crippen LogP contribution in [0, 0.1) is 0 Å². The van der Waals surface area contributed by atoms with Crippen LogP contribution in [-0.4, -0.2) is 43.7 Å². The topological polar surface area (TPSA) is 35.6 Å². The van der Waals surface area contributed by atoms with Crippen molar-refractivity contribution in [2.75, 3.05) is 37.6 Å². The van der Waals surface area contributed by atoms with E-state index in [-0.39, 0.29) is 11.4 Å². The number of halogens is 1. The molecule has 5 heteroatoms. The molecular formula is C21H24ClN3O. The lowest BCUT2D eigenvalue weighted by Crippen LogP contribution is -2.52. The molecule has 2 fully saturated rings. The van der Waals surface area contributed by atoms with Gasteiger partial charge in [-0.05, 0) is 30.5 Å². The van der Waals surface area contributed by atoms with Gasteiger partial charge in [0.2, 0.25) is 0 Å². The highest BCUT2D eigenvalue weighted by Crippen LogP contribution is 2.47. The maximum absolute atomic E-state index is 12.6. The van der Waals surface area contributed by atoms with E-state index >= 15 is 0 Å². The summed E-state index contributed by atoms with van der Waals surface area (Å²) in [5.74, 6) is 0. The van der Waals surface area contributed by atoms with Gasteiger partial charge in [0.25, 0.3) is 0 Å². The highest BCUT2D eigenvalue weighted by Gasteiger charge is 2.44. The van der Waals surface area contributed by atoms with Crippen molar-refractivity contribution in [1.82, 2.24) is 10.2 Å². The third-order valence-electron chi connectivity index (χ3n) is 5.58. The number of amides is 2. The third kappa shape index (κ3) is 3.51. The quantitative estimate of drug-likeness (QED) is 0.887. The van der Waals surface area contributed by atoms with Crippen molar-refractivity contribution in [2.45, 2.75) is 18.3 Å². The molecule has 0 atom stereocenters. The first-order chi connectivity index (χ1) is 12.7. The van der Waals surface area contributed by atoms with E-state index < -0.39 is 0 Å². The van der Waals surface area contributed by atoms with Crippen LogP contribution in [0.4, 0.5) is 10.5 Å². The number of hydrogen-bond donors (Lipinski definition) is 1. The van der Waals surface area contributed by atoms with E-state index in [1.54, 1.807) is 0 Å². The number of nitrogens with one attached hydrogen (secondary N) is 1. The van der Waals surface area contributed by atoms with Crippen molar-refractivity contribution in [3.63, 3.8) is 0 Å². The zero-order valence-corrected chi connectivity index (χ0v) is 15.6. The van der Waals surface area contributed by atoms with Crippen LogP contribution < -0.4 is 10.2 Å². The largest absolute Gasteiger partial charge is 0.367 e. The molecule has 0 aromatic heterocycles. The van der Waals surface area contributed by atoms with Crippen LogP contribution in [0.1, 0.15) is 18.4 Å². The fourth-order valence-electron chi connectivity index (χ4n) is 3.73. The summed E-state index contributed by atoms with van der Waals surface area (Å²) in [4.78, 5) is 16.7. The van der Waals surface area contributed by atoms with Gasteiger partial charge in [0, 0.05) is 38.1 Å². The highest BCUT2D eigenvalue weighted by atomic mass is 35.5. The van der Waals surface area contributed by atoms with Gasteiger partial charge in [-0.15, -0.1) is 0 Å². The number of para-hydroxylation sites is 1. The average molecular weight is 370 g/mol. The molecule has 1 N–H and O–H groups in total. The minimum atomic E-state index is 0.0472. The Morgan fingerprint density at radius 3 is 2.27 bits per heavy atom. The number of piperazine rings is 1. The molecule has 2 aliphatic rings. The number of benzene rings is 2. The summed E-state index contributed by atoms with van der Waals surface area (Å²) in [6, 6.07) is 18.5. The SMILES string of the molecule is O=C(NCC1(c2ccccc2)CC1)N1CCN(c2ccccc2Cl)CC1. The van der Waals surface area contributed by atoms with Crippen molar-refractivity contribution in [1.29, 1.82) is 0 Å². The van der Waals surface area contributed by atoms with Gasteiger partial charge in [-0.2, -0.15) is 0 Å². The second kappa shape index (κ2) is 7.20. The lowest BCUT2D eigenvalue weighted by molar-refractivity contribution is 0.193. The summed E-state index contributed by atoms with van der Waals surface area (Å²) in [7, 11) is 0. The zero-order valence-electron chi connectivity index (χ0n) is 14.8. The Bertz CT molecular complexity index is 768. The summed E-state index contributed by atoms with van der Waals surface area (Å²) in [6.45, 7) is 3.77. The Kier molecular flexibility index (Phi) is 4.77.